The zero-order valence-corrected chi connectivity index (χ0v) is 14.7. The minimum Gasteiger partial charge on any atom is -0.349 e. The van der Waals surface area contributed by atoms with Gasteiger partial charge in [-0.2, -0.15) is 0 Å². The third-order valence-electron chi connectivity index (χ3n) is 4.47. The van der Waals surface area contributed by atoms with Crippen LogP contribution in [0.1, 0.15) is 30.1 Å². The van der Waals surface area contributed by atoms with Gasteiger partial charge >= 0.3 is 0 Å². The highest BCUT2D eigenvalue weighted by atomic mass is 16.2. The standard InChI is InChI=1S/C20H19N5O2/c26-19(21-10-16-8-17(15-6-7-15)23-12-22-16)11-25-13-24-18(9-20(25)27)14-4-2-1-3-5-14/h1-5,8-9,12-13,15H,6-7,10-11H2,(H,21,26). The first-order chi connectivity index (χ1) is 13.2. The van der Waals surface area contributed by atoms with E-state index in [0.29, 0.717) is 18.2 Å². The summed E-state index contributed by atoms with van der Waals surface area (Å²) in [5, 5.41) is 2.79. The number of carbonyl (C=O) groups is 1. The lowest BCUT2D eigenvalue weighted by Crippen LogP contribution is -2.32. The quantitative estimate of drug-likeness (QED) is 0.724. The third kappa shape index (κ3) is 4.25. The van der Waals surface area contributed by atoms with Crippen molar-refractivity contribution in [3.8, 4) is 11.3 Å². The fourth-order valence-electron chi connectivity index (χ4n) is 2.83. The van der Waals surface area contributed by atoms with Crippen LogP contribution in [0, 0.1) is 0 Å². The molecule has 1 aliphatic rings. The Balaban J connectivity index is 1.38. The van der Waals surface area contributed by atoms with Crippen molar-refractivity contribution < 1.29 is 4.79 Å². The Labute approximate surface area is 156 Å². The molecule has 7 heteroatoms. The van der Waals surface area contributed by atoms with E-state index in [1.165, 1.54) is 23.3 Å². The van der Waals surface area contributed by atoms with Gasteiger partial charge in [-0.15, -0.1) is 0 Å². The van der Waals surface area contributed by atoms with Crippen LogP contribution in [0.15, 0.2) is 59.9 Å². The molecule has 0 aliphatic heterocycles. The van der Waals surface area contributed by atoms with E-state index < -0.39 is 0 Å². The van der Waals surface area contributed by atoms with Gasteiger partial charge in [0.25, 0.3) is 5.56 Å². The van der Waals surface area contributed by atoms with Crippen molar-refractivity contribution in [2.24, 2.45) is 0 Å². The van der Waals surface area contributed by atoms with E-state index in [0.717, 1.165) is 29.8 Å². The van der Waals surface area contributed by atoms with Crippen LogP contribution in [0.2, 0.25) is 0 Å². The molecule has 1 fully saturated rings. The number of nitrogens with zero attached hydrogens (tertiary/aromatic N) is 4. The van der Waals surface area contributed by atoms with Crippen LogP contribution in [0.3, 0.4) is 0 Å². The van der Waals surface area contributed by atoms with Gasteiger partial charge < -0.3 is 5.32 Å². The van der Waals surface area contributed by atoms with Crippen molar-refractivity contribution in [3.05, 3.63) is 76.9 Å². The highest BCUT2D eigenvalue weighted by Crippen LogP contribution is 2.38. The third-order valence-corrected chi connectivity index (χ3v) is 4.47. The van der Waals surface area contributed by atoms with Crippen molar-refractivity contribution in [2.75, 3.05) is 0 Å². The van der Waals surface area contributed by atoms with Crippen molar-refractivity contribution in [2.45, 2.75) is 31.8 Å². The van der Waals surface area contributed by atoms with Crippen molar-refractivity contribution in [3.63, 3.8) is 0 Å². The number of nitrogens with one attached hydrogen (secondary N) is 1. The number of benzene rings is 1. The first-order valence-corrected chi connectivity index (χ1v) is 8.88. The lowest BCUT2D eigenvalue weighted by atomic mass is 10.1. The van der Waals surface area contributed by atoms with Crippen LogP contribution in [-0.4, -0.2) is 25.4 Å². The molecule has 7 nitrogen and oxygen atoms in total. The predicted molar refractivity (Wildman–Crippen MR) is 99.8 cm³/mol. The first-order valence-electron chi connectivity index (χ1n) is 8.88. The lowest BCUT2D eigenvalue weighted by Gasteiger charge is -2.08. The summed E-state index contributed by atoms with van der Waals surface area (Å²) >= 11 is 0. The summed E-state index contributed by atoms with van der Waals surface area (Å²) in [5.41, 5.74) is 2.99. The van der Waals surface area contributed by atoms with Gasteiger partial charge in [0.15, 0.2) is 0 Å². The molecule has 0 bridgehead atoms. The summed E-state index contributed by atoms with van der Waals surface area (Å²) in [6.45, 7) is 0.229. The van der Waals surface area contributed by atoms with Gasteiger partial charge in [0.1, 0.15) is 12.9 Å². The number of rotatable bonds is 6. The summed E-state index contributed by atoms with van der Waals surface area (Å²) < 4.78 is 1.29. The molecule has 1 N–H and O–H groups in total. The van der Waals surface area contributed by atoms with E-state index in [-0.39, 0.29) is 18.0 Å². The van der Waals surface area contributed by atoms with Gasteiger partial charge in [0.05, 0.1) is 24.3 Å². The summed E-state index contributed by atoms with van der Waals surface area (Å²) in [6, 6.07) is 12.8. The molecule has 0 atom stereocenters. The summed E-state index contributed by atoms with van der Waals surface area (Å²) in [6.07, 6.45) is 5.27. The first kappa shape index (κ1) is 17.1. The van der Waals surface area contributed by atoms with Gasteiger partial charge in [0.2, 0.25) is 5.91 Å². The molecule has 136 valence electrons. The monoisotopic (exact) mass is 361 g/mol. The average Bonchev–Trinajstić information content (AvgIpc) is 3.54. The van der Waals surface area contributed by atoms with Crippen molar-refractivity contribution >= 4 is 5.91 Å². The zero-order valence-electron chi connectivity index (χ0n) is 14.7. The molecule has 2 aromatic heterocycles. The van der Waals surface area contributed by atoms with Crippen LogP contribution >= 0.6 is 0 Å². The molecule has 0 saturated heterocycles. The Morgan fingerprint density at radius 2 is 1.93 bits per heavy atom. The second-order valence-corrected chi connectivity index (χ2v) is 6.59. The molecule has 27 heavy (non-hydrogen) atoms. The Hall–Kier alpha value is -3.35. The minimum absolute atomic E-state index is 0.0819. The largest absolute Gasteiger partial charge is 0.349 e. The maximum absolute atomic E-state index is 12.3. The minimum atomic E-state index is -0.267. The highest BCUT2D eigenvalue weighted by Gasteiger charge is 2.25. The number of hydrogen-bond acceptors (Lipinski definition) is 5. The summed E-state index contributed by atoms with van der Waals surface area (Å²) in [7, 11) is 0. The molecular weight excluding hydrogens is 342 g/mol. The van der Waals surface area contributed by atoms with E-state index in [1.807, 2.05) is 36.4 Å². The molecule has 0 unspecified atom stereocenters. The Morgan fingerprint density at radius 3 is 2.67 bits per heavy atom. The number of carbonyl (C=O) groups excluding carboxylic acids is 1. The van der Waals surface area contributed by atoms with Crippen LogP contribution in [0.25, 0.3) is 11.3 Å². The number of hydrogen-bond donors (Lipinski definition) is 1. The number of aromatic nitrogens is 4. The van der Waals surface area contributed by atoms with Crippen LogP contribution in [0.4, 0.5) is 0 Å². The molecular formula is C20H19N5O2. The molecule has 1 amide bonds. The second-order valence-electron chi connectivity index (χ2n) is 6.59. The van der Waals surface area contributed by atoms with Crippen LogP contribution < -0.4 is 10.9 Å². The molecule has 1 saturated carbocycles. The molecule has 0 radical (unpaired) electrons. The average molecular weight is 361 g/mol. The number of amides is 1. The summed E-state index contributed by atoms with van der Waals surface area (Å²) in [5.74, 6) is 0.271. The van der Waals surface area contributed by atoms with Gasteiger partial charge in [-0.3, -0.25) is 14.2 Å². The molecule has 1 aliphatic carbocycles. The van der Waals surface area contributed by atoms with Crippen molar-refractivity contribution in [1.82, 2.24) is 24.8 Å². The van der Waals surface area contributed by atoms with E-state index >= 15 is 0 Å². The molecule has 1 aromatic carbocycles. The van der Waals surface area contributed by atoms with E-state index in [2.05, 4.69) is 20.3 Å². The molecule has 4 rings (SSSR count). The van der Waals surface area contributed by atoms with Gasteiger partial charge in [0, 0.05) is 23.2 Å². The molecule has 0 spiro atoms. The smallest absolute Gasteiger partial charge is 0.254 e. The zero-order chi connectivity index (χ0) is 18.6. The van der Waals surface area contributed by atoms with Crippen LogP contribution in [0.5, 0.6) is 0 Å². The van der Waals surface area contributed by atoms with Gasteiger partial charge in [-0.05, 0) is 18.9 Å². The maximum Gasteiger partial charge on any atom is 0.254 e. The SMILES string of the molecule is O=C(Cn1cnc(-c2ccccc2)cc1=O)NCc1cc(C2CC2)ncn1. The Kier molecular flexibility index (Phi) is 4.74. The fraction of sp³-hybridized carbons (Fsp3) is 0.250. The Morgan fingerprint density at radius 1 is 1.11 bits per heavy atom. The topological polar surface area (TPSA) is 89.8 Å². The lowest BCUT2D eigenvalue weighted by molar-refractivity contribution is -0.121. The van der Waals surface area contributed by atoms with E-state index in [4.69, 9.17) is 0 Å². The van der Waals surface area contributed by atoms with Gasteiger partial charge in [-0.1, -0.05) is 30.3 Å². The highest BCUT2D eigenvalue weighted by molar-refractivity contribution is 5.75. The normalized spacial score (nSPS) is 13.3. The fourth-order valence-corrected chi connectivity index (χ4v) is 2.83. The van der Waals surface area contributed by atoms with Crippen LogP contribution in [-0.2, 0) is 17.9 Å². The molecule has 2 heterocycles. The Bertz CT molecular complexity index is 1010. The summed E-state index contributed by atoms with van der Waals surface area (Å²) in [4.78, 5) is 37.2. The van der Waals surface area contributed by atoms with E-state index in [9.17, 15) is 9.59 Å². The molecule has 3 aromatic rings. The van der Waals surface area contributed by atoms with E-state index in [1.54, 1.807) is 0 Å². The van der Waals surface area contributed by atoms with Gasteiger partial charge in [-0.25, -0.2) is 15.0 Å². The van der Waals surface area contributed by atoms with Crippen molar-refractivity contribution in [1.29, 1.82) is 0 Å². The predicted octanol–water partition coefficient (Wildman–Crippen LogP) is 1.89. The second kappa shape index (κ2) is 7.49. The maximum atomic E-state index is 12.3.